The Kier molecular flexibility index (Phi) is 11.8. The van der Waals surface area contributed by atoms with Gasteiger partial charge in [-0.3, -0.25) is 9.41 Å². The molecule has 83 valence electrons. The van der Waals surface area contributed by atoms with Crippen LogP contribution in [0.5, 0.6) is 0 Å². The fourth-order valence-electron chi connectivity index (χ4n) is 0.762. The van der Waals surface area contributed by atoms with Gasteiger partial charge in [0.05, 0.1) is 19.5 Å². The molecule has 0 aliphatic carbocycles. The van der Waals surface area contributed by atoms with Crippen molar-refractivity contribution in [2.45, 2.75) is 0 Å². The predicted octanol–water partition coefficient (Wildman–Crippen LogP) is 1.15. The van der Waals surface area contributed by atoms with Crippen molar-refractivity contribution in [2.24, 2.45) is 0 Å². The molecule has 1 aliphatic rings. The summed E-state index contributed by atoms with van der Waals surface area (Å²) in [7, 11) is 0. The summed E-state index contributed by atoms with van der Waals surface area (Å²) < 4.78 is 6.88. The van der Waals surface area contributed by atoms with Crippen molar-refractivity contribution in [3.05, 3.63) is 18.7 Å². The number of ether oxygens (including phenoxy) is 1. The number of aromatic nitrogens is 2. The SMILES string of the molecule is F.F.[S]N1CCOCC1.c1c[nH]cn1. The van der Waals surface area contributed by atoms with Gasteiger partial charge in [0, 0.05) is 38.3 Å². The number of nitrogens with one attached hydrogen (secondary N) is 1. The lowest BCUT2D eigenvalue weighted by molar-refractivity contribution is 0.0781. The van der Waals surface area contributed by atoms with Crippen molar-refractivity contribution >= 4 is 12.8 Å². The maximum Gasteiger partial charge on any atom is 0.0919 e. The van der Waals surface area contributed by atoms with E-state index in [1.54, 1.807) is 18.7 Å². The van der Waals surface area contributed by atoms with Gasteiger partial charge in [-0.2, -0.15) is 0 Å². The Morgan fingerprint density at radius 2 is 1.93 bits per heavy atom. The average molecular weight is 226 g/mol. The number of hydrogen-bond acceptors (Lipinski definition) is 3. The summed E-state index contributed by atoms with van der Waals surface area (Å²) in [4.78, 5) is 6.42. The Bertz CT molecular complexity index is 166. The molecule has 1 radical (unpaired) electrons. The first-order chi connectivity index (χ1) is 5.89. The highest BCUT2D eigenvalue weighted by atomic mass is 32.1. The van der Waals surface area contributed by atoms with Crippen LogP contribution in [0.3, 0.4) is 0 Å². The zero-order chi connectivity index (χ0) is 8.65. The molecule has 1 N–H and O–H groups in total. The van der Waals surface area contributed by atoms with Gasteiger partial charge in [0.25, 0.3) is 0 Å². The first-order valence-corrected chi connectivity index (χ1v) is 4.18. The van der Waals surface area contributed by atoms with Crippen molar-refractivity contribution in [3.63, 3.8) is 0 Å². The van der Waals surface area contributed by atoms with Crippen LogP contribution in [0.25, 0.3) is 0 Å². The Morgan fingerprint density at radius 3 is 2.14 bits per heavy atom. The van der Waals surface area contributed by atoms with Crippen molar-refractivity contribution < 1.29 is 14.1 Å². The minimum atomic E-state index is 0. The molecule has 4 nitrogen and oxygen atoms in total. The van der Waals surface area contributed by atoms with Crippen molar-refractivity contribution in [2.75, 3.05) is 26.3 Å². The fourth-order valence-corrected chi connectivity index (χ4v) is 0.911. The van der Waals surface area contributed by atoms with Crippen molar-refractivity contribution in [3.8, 4) is 0 Å². The molecule has 0 spiro atoms. The zero-order valence-corrected chi connectivity index (χ0v) is 8.40. The average Bonchev–Trinajstić information content (AvgIpc) is 2.62. The zero-order valence-electron chi connectivity index (χ0n) is 7.59. The van der Waals surface area contributed by atoms with Gasteiger partial charge in [-0.05, 0) is 0 Å². The van der Waals surface area contributed by atoms with Gasteiger partial charge >= 0.3 is 0 Å². The molecule has 1 aromatic heterocycles. The highest BCUT2D eigenvalue weighted by molar-refractivity contribution is 7.77. The highest BCUT2D eigenvalue weighted by Gasteiger charge is 2.04. The minimum Gasteiger partial charge on any atom is -0.379 e. The van der Waals surface area contributed by atoms with E-state index >= 15 is 0 Å². The van der Waals surface area contributed by atoms with Gasteiger partial charge < -0.3 is 9.72 Å². The van der Waals surface area contributed by atoms with Gasteiger partial charge in [-0.1, -0.05) is 0 Å². The van der Waals surface area contributed by atoms with Gasteiger partial charge in [-0.15, -0.1) is 0 Å². The lowest BCUT2D eigenvalue weighted by Crippen LogP contribution is -2.28. The normalized spacial score (nSPS) is 15.5. The van der Waals surface area contributed by atoms with Crippen LogP contribution < -0.4 is 0 Å². The van der Waals surface area contributed by atoms with Crippen LogP contribution in [-0.4, -0.2) is 40.6 Å². The van der Waals surface area contributed by atoms with Gasteiger partial charge in [-0.25, -0.2) is 9.29 Å². The molecule has 0 saturated carbocycles. The fraction of sp³-hybridized carbons (Fsp3) is 0.571. The second-order valence-corrected chi connectivity index (χ2v) is 2.82. The van der Waals surface area contributed by atoms with E-state index in [1.165, 1.54) is 0 Å². The van der Waals surface area contributed by atoms with Crippen molar-refractivity contribution in [1.82, 2.24) is 14.3 Å². The van der Waals surface area contributed by atoms with Crippen molar-refractivity contribution in [1.29, 1.82) is 0 Å². The molecular weight excluding hydrogens is 212 g/mol. The molecule has 2 heterocycles. The van der Waals surface area contributed by atoms with Crippen LogP contribution in [0.2, 0.25) is 0 Å². The number of H-pyrrole nitrogens is 1. The Morgan fingerprint density at radius 1 is 1.29 bits per heavy atom. The van der Waals surface area contributed by atoms with E-state index in [0.717, 1.165) is 26.3 Å². The molecular formula is C7H14F2N3OS. The molecule has 2 rings (SSSR count). The van der Waals surface area contributed by atoms with Gasteiger partial charge in [0.2, 0.25) is 0 Å². The summed E-state index contributed by atoms with van der Waals surface area (Å²) >= 11 is 4.84. The van der Waals surface area contributed by atoms with E-state index in [1.807, 2.05) is 4.31 Å². The smallest absolute Gasteiger partial charge is 0.0919 e. The van der Waals surface area contributed by atoms with Crippen LogP contribution in [0.1, 0.15) is 0 Å². The quantitative estimate of drug-likeness (QED) is 0.721. The molecule has 7 heteroatoms. The second-order valence-electron chi connectivity index (χ2n) is 2.30. The molecule has 1 aromatic rings. The van der Waals surface area contributed by atoms with E-state index in [0.29, 0.717) is 0 Å². The van der Waals surface area contributed by atoms with Crippen LogP contribution >= 0.6 is 12.8 Å². The minimum absolute atomic E-state index is 0. The number of hydrogen-bond donors (Lipinski definition) is 1. The van der Waals surface area contributed by atoms with Gasteiger partial charge in [0.15, 0.2) is 0 Å². The molecule has 0 amide bonds. The summed E-state index contributed by atoms with van der Waals surface area (Å²) in [5, 5.41) is 0. The van der Waals surface area contributed by atoms with Crippen LogP contribution in [0, 0.1) is 0 Å². The van der Waals surface area contributed by atoms with Gasteiger partial charge in [0.1, 0.15) is 0 Å². The molecule has 1 aliphatic heterocycles. The number of imidazole rings is 1. The Balaban J connectivity index is 0. The number of nitrogens with zero attached hydrogens (tertiary/aromatic N) is 2. The third-order valence-electron chi connectivity index (χ3n) is 1.38. The summed E-state index contributed by atoms with van der Waals surface area (Å²) in [5.74, 6) is 0. The number of rotatable bonds is 0. The maximum atomic E-state index is 5.03. The van der Waals surface area contributed by atoms with E-state index in [9.17, 15) is 0 Å². The molecule has 0 unspecified atom stereocenters. The number of morpholine rings is 1. The van der Waals surface area contributed by atoms with E-state index in [-0.39, 0.29) is 9.41 Å². The number of halogens is 2. The summed E-state index contributed by atoms with van der Waals surface area (Å²) in [6.45, 7) is 3.44. The largest absolute Gasteiger partial charge is 0.379 e. The molecule has 14 heavy (non-hydrogen) atoms. The Labute approximate surface area is 86.9 Å². The second kappa shape index (κ2) is 10.4. The van der Waals surface area contributed by atoms with Crippen LogP contribution in [-0.2, 0) is 4.74 Å². The van der Waals surface area contributed by atoms with Crippen LogP contribution in [0.15, 0.2) is 18.7 Å². The number of aromatic amines is 1. The molecule has 1 fully saturated rings. The highest BCUT2D eigenvalue weighted by Crippen LogP contribution is 1.97. The molecule has 0 bridgehead atoms. The molecule has 0 atom stereocenters. The summed E-state index contributed by atoms with van der Waals surface area (Å²) in [6.07, 6.45) is 5.08. The molecule has 0 aromatic carbocycles. The Hall–Kier alpha value is -0.660. The topological polar surface area (TPSA) is 41.1 Å². The summed E-state index contributed by atoms with van der Waals surface area (Å²) in [6, 6.07) is 0. The third-order valence-corrected chi connectivity index (χ3v) is 1.74. The summed E-state index contributed by atoms with van der Waals surface area (Å²) in [5.41, 5.74) is 0. The lowest BCUT2D eigenvalue weighted by atomic mass is 10.5. The standard InChI is InChI=1S/C4H8NOS.C3H4N2.2FH/c7-5-1-3-6-4-2-5;1-2-5-3-4-1;;/h1-4H2;1-3H,(H,4,5);2*1H. The maximum absolute atomic E-state index is 5.03. The first-order valence-electron chi connectivity index (χ1n) is 3.82. The lowest BCUT2D eigenvalue weighted by Gasteiger charge is -2.18. The van der Waals surface area contributed by atoms with E-state index in [2.05, 4.69) is 9.97 Å². The monoisotopic (exact) mass is 226 g/mol. The van der Waals surface area contributed by atoms with E-state index in [4.69, 9.17) is 17.6 Å². The first kappa shape index (κ1) is 15.8. The third kappa shape index (κ3) is 7.96. The van der Waals surface area contributed by atoms with E-state index < -0.39 is 0 Å². The predicted molar refractivity (Wildman–Crippen MR) is 53.6 cm³/mol. The van der Waals surface area contributed by atoms with Crippen LogP contribution in [0.4, 0.5) is 9.41 Å². The molecule has 1 saturated heterocycles.